The maximum atomic E-state index is 11.6. The summed E-state index contributed by atoms with van der Waals surface area (Å²) in [7, 11) is 0. The van der Waals surface area contributed by atoms with Crippen LogP contribution in [0, 0.1) is 0 Å². The first-order chi connectivity index (χ1) is 7.58. The van der Waals surface area contributed by atoms with Gasteiger partial charge in [-0.05, 0) is 44.0 Å². The van der Waals surface area contributed by atoms with Gasteiger partial charge in [-0.1, -0.05) is 6.07 Å². The molecule has 2 N–H and O–H groups in total. The number of H-pyrrole nitrogens is 2. The molecule has 0 saturated carbocycles. The predicted octanol–water partition coefficient (Wildman–Crippen LogP) is 1.67. The molecule has 7 heteroatoms. The van der Waals surface area contributed by atoms with Gasteiger partial charge in [0.15, 0.2) is 0 Å². The van der Waals surface area contributed by atoms with Crippen LogP contribution >= 0.6 is 31.9 Å². The molecule has 0 saturated heterocycles. The summed E-state index contributed by atoms with van der Waals surface area (Å²) < 4.78 is 4.93. The van der Waals surface area contributed by atoms with E-state index in [1.807, 2.05) is 0 Å². The van der Waals surface area contributed by atoms with Gasteiger partial charge in [0.2, 0.25) is 3.92 Å². The molecule has 1 aromatic carbocycles. The first-order valence-corrected chi connectivity index (χ1v) is 6.11. The zero-order valence-corrected chi connectivity index (χ0v) is 11.0. The zero-order valence-electron chi connectivity index (χ0n) is 7.79. The maximum absolute atomic E-state index is 11.6. The summed E-state index contributed by atoms with van der Waals surface area (Å²) in [6, 6.07) is 4.97. The lowest BCUT2D eigenvalue weighted by Crippen LogP contribution is -2.22. The van der Waals surface area contributed by atoms with E-state index in [-0.39, 0.29) is 0 Å². The summed E-state index contributed by atoms with van der Waals surface area (Å²) in [4.78, 5) is 27.4. The van der Waals surface area contributed by atoms with Gasteiger partial charge in [0.1, 0.15) is 11.1 Å². The van der Waals surface area contributed by atoms with Crippen molar-refractivity contribution in [2.45, 2.75) is 3.92 Å². The Labute approximate surface area is 106 Å². The zero-order chi connectivity index (χ0) is 11.7. The lowest BCUT2D eigenvalue weighted by Gasteiger charge is -2.08. The molecule has 0 aliphatic carbocycles. The number of aromatic amines is 2. The van der Waals surface area contributed by atoms with Crippen LogP contribution in [-0.2, 0) is 0 Å². The second-order valence-corrected chi connectivity index (χ2v) is 5.86. The normalized spacial score (nSPS) is 10.9. The SMILES string of the molecule is O=c1[nH]c(=O)c2c(OC(Br)Br)cccc2[nH]1. The van der Waals surface area contributed by atoms with Crippen LogP contribution in [-0.4, -0.2) is 13.9 Å². The molecule has 5 nitrogen and oxygen atoms in total. The minimum atomic E-state index is -0.538. The molecule has 0 unspecified atom stereocenters. The van der Waals surface area contributed by atoms with Crippen molar-refractivity contribution in [3.63, 3.8) is 0 Å². The third-order valence-electron chi connectivity index (χ3n) is 1.94. The van der Waals surface area contributed by atoms with Gasteiger partial charge >= 0.3 is 5.69 Å². The molecule has 0 fully saturated rings. The quantitative estimate of drug-likeness (QED) is 0.810. The Morgan fingerprint density at radius 3 is 2.62 bits per heavy atom. The first kappa shape index (κ1) is 11.4. The Morgan fingerprint density at radius 2 is 1.94 bits per heavy atom. The summed E-state index contributed by atoms with van der Waals surface area (Å²) in [6.07, 6.45) is 0. The molecule has 0 bridgehead atoms. The van der Waals surface area contributed by atoms with Crippen molar-refractivity contribution >= 4 is 42.8 Å². The highest BCUT2D eigenvalue weighted by atomic mass is 79.9. The number of ether oxygens (including phenoxy) is 1. The van der Waals surface area contributed by atoms with E-state index in [4.69, 9.17) is 4.74 Å². The van der Waals surface area contributed by atoms with Crippen molar-refractivity contribution in [3.05, 3.63) is 39.0 Å². The van der Waals surface area contributed by atoms with Gasteiger partial charge in [0.25, 0.3) is 5.56 Å². The number of hydrogen-bond acceptors (Lipinski definition) is 3. The monoisotopic (exact) mass is 348 g/mol. The highest BCUT2D eigenvalue weighted by Crippen LogP contribution is 2.23. The predicted molar refractivity (Wildman–Crippen MR) is 67.5 cm³/mol. The molecule has 2 rings (SSSR count). The van der Waals surface area contributed by atoms with Crippen molar-refractivity contribution in [2.75, 3.05) is 0 Å². The molecule has 0 aliphatic rings. The van der Waals surface area contributed by atoms with Crippen LogP contribution < -0.4 is 16.0 Å². The Hall–Kier alpha value is -1.08. The molecule has 0 atom stereocenters. The Kier molecular flexibility index (Phi) is 3.15. The van der Waals surface area contributed by atoms with E-state index in [1.165, 1.54) is 0 Å². The van der Waals surface area contributed by atoms with Crippen molar-refractivity contribution < 1.29 is 4.74 Å². The molecule has 1 aromatic heterocycles. The van der Waals surface area contributed by atoms with Gasteiger partial charge in [-0.25, -0.2) is 4.79 Å². The van der Waals surface area contributed by atoms with Gasteiger partial charge in [0.05, 0.1) is 5.52 Å². The molecule has 0 radical (unpaired) electrons. The summed E-state index contributed by atoms with van der Waals surface area (Å²) in [5.74, 6) is 0.383. The number of nitrogens with one attached hydrogen (secondary N) is 2. The van der Waals surface area contributed by atoms with Crippen LogP contribution in [0.15, 0.2) is 27.8 Å². The van der Waals surface area contributed by atoms with Crippen LogP contribution in [0.1, 0.15) is 0 Å². The van der Waals surface area contributed by atoms with Crippen LogP contribution in [0.5, 0.6) is 5.75 Å². The van der Waals surface area contributed by atoms with E-state index >= 15 is 0 Å². The van der Waals surface area contributed by atoms with Crippen molar-refractivity contribution in [3.8, 4) is 5.75 Å². The number of fused-ring (bicyclic) bond motifs is 1. The van der Waals surface area contributed by atoms with Gasteiger partial charge in [0, 0.05) is 0 Å². The van der Waals surface area contributed by atoms with E-state index in [1.54, 1.807) is 18.2 Å². The maximum Gasteiger partial charge on any atom is 0.326 e. The van der Waals surface area contributed by atoms with E-state index < -0.39 is 15.2 Å². The highest BCUT2D eigenvalue weighted by Gasteiger charge is 2.09. The third kappa shape index (κ3) is 2.19. The number of alkyl halides is 2. The second kappa shape index (κ2) is 4.42. The molecule has 0 amide bonds. The van der Waals surface area contributed by atoms with Crippen LogP contribution in [0.2, 0.25) is 0 Å². The molecular formula is C9H6Br2N2O3. The highest BCUT2D eigenvalue weighted by molar-refractivity contribution is 9.24. The lowest BCUT2D eigenvalue weighted by atomic mass is 10.2. The number of rotatable bonds is 2. The first-order valence-electron chi connectivity index (χ1n) is 4.28. The fourth-order valence-corrected chi connectivity index (χ4v) is 1.79. The van der Waals surface area contributed by atoms with E-state index in [9.17, 15) is 9.59 Å². The molecule has 1 heterocycles. The third-order valence-corrected chi connectivity index (χ3v) is 2.32. The largest absolute Gasteiger partial charge is 0.468 e. The van der Waals surface area contributed by atoms with Crippen molar-refractivity contribution in [1.82, 2.24) is 9.97 Å². The molecule has 0 aliphatic heterocycles. The smallest absolute Gasteiger partial charge is 0.326 e. The average molecular weight is 350 g/mol. The van der Waals surface area contributed by atoms with Crippen molar-refractivity contribution in [1.29, 1.82) is 0 Å². The van der Waals surface area contributed by atoms with Gasteiger partial charge in [-0.15, -0.1) is 0 Å². The molecule has 0 spiro atoms. The summed E-state index contributed by atoms with van der Waals surface area (Å²) >= 11 is 6.29. The fraction of sp³-hybridized carbons (Fsp3) is 0.111. The van der Waals surface area contributed by atoms with Crippen LogP contribution in [0.3, 0.4) is 0 Å². The van der Waals surface area contributed by atoms with Gasteiger partial charge in [-0.3, -0.25) is 9.78 Å². The minimum Gasteiger partial charge on any atom is -0.468 e. The fourth-order valence-electron chi connectivity index (χ4n) is 1.38. The van der Waals surface area contributed by atoms with Crippen LogP contribution in [0.4, 0.5) is 0 Å². The summed E-state index contributed by atoms with van der Waals surface area (Å²) in [5.41, 5.74) is -0.578. The number of halogens is 2. The Morgan fingerprint density at radius 1 is 1.19 bits per heavy atom. The van der Waals surface area contributed by atoms with E-state index in [2.05, 4.69) is 41.8 Å². The Bertz CT molecular complexity index is 632. The lowest BCUT2D eigenvalue weighted by molar-refractivity contribution is 0.380. The Balaban J connectivity index is 2.77. The molecule has 84 valence electrons. The van der Waals surface area contributed by atoms with Crippen LogP contribution in [0.25, 0.3) is 10.9 Å². The van der Waals surface area contributed by atoms with Crippen molar-refractivity contribution in [2.24, 2.45) is 0 Å². The van der Waals surface area contributed by atoms with E-state index in [0.29, 0.717) is 16.7 Å². The summed E-state index contributed by atoms with van der Waals surface area (Å²) in [6.45, 7) is 0. The van der Waals surface area contributed by atoms with E-state index in [0.717, 1.165) is 0 Å². The van der Waals surface area contributed by atoms with Gasteiger partial charge in [-0.2, -0.15) is 0 Å². The molecule has 2 aromatic rings. The average Bonchev–Trinajstić information content (AvgIpc) is 2.15. The number of aromatic nitrogens is 2. The number of hydrogen-bond donors (Lipinski definition) is 2. The minimum absolute atomic E-state index is 0.311. The number of benzene rings is 1. The summed E-state index contributed by atoms with van der Waals surface area (Å²) in [5, 5.41) is 0.311. The standard InChI is InChI=1S/C9H6Br2N2O3/c10-8(11)16-5-3-1-2-4-6(5)7(14)13-9(15)12-4/h1-3,8H,(H2,12,13,14,15). The topological polar surface area (TPSA) is 74.9 Å². The molecular weight excluding hydrogens is 344 g/mol. The second-order valence-electron chi connectivity index (χ2n) is 2.97. The van der Waals surface area contributed by atoms with Gasteiger partial charge < -0.3 is 9.72 Å². The molecule has 16 heavy (non-hydrogen) atoms.